The molecule has 0 amide bonds. The molecule has 0 unspecified atom stereocenters. The van der Waals surface area contributed by atoms with Crippen molar-refractivity contribution in [2.45, 2.75) is 105 Å². The van der Waals surface area contributed by atoms with Gasteiger partial charge in [-0.05, 0) is 54.7 Å². The maximum absolute atomic E-state index is 12.0. The molecule has 0 aliphatic rings. The molecule has 30 heavy (non-hydrogen) atoms. The van der Waals surface area contributed by atoms with Crippen LogP contribution in [0, 0.1) is 11.8 Å². The number of rotatable bonds is 16. The number of hydrogen-bond donors (Lipinski definition) is 2. The molecule has 1 aromatic carbocycles. The summed E-state index contributed by atoms with van der Waals surface area (Å²) in [7, 11) is 0. The number of aryl methyl sites for hydroxylation is 1. The molecule has 0 aliphatic heterocycles. The van der Waals surface area contributed by atoms with E-state index in [2.05, 4.69) is 27.7 Å². The lowest BCUT2D eigenvalue weighted by molar-refractivity contribution is 0.0694. The van der Waals surface area contributed by atoms with Crippen molar-refractivity contribution < 1.29 is 19.8 Å². The van der Waals surface area contributed by atoms with Gasteiger partial charge in [0.05, 0.1) is 11.1 Å². The Morgan fingerprint density at radius 2 is 1.20 bits per heavy atom. The lowest BCUT2D eigenvalue weighted by Crippen LogP contribution is -2.13. The highest BCUT2D eigenvalue weighted by atomic mass is 16.4. The van der Waals surface area contributed by atoms with Crippen LogP contribution in [-0.4, -0.2) is 22.2 Å². The number of benzene rings is 1. The van der Waals surface area contributed by atoms with Crippen LogP contribution in [0.3, 0.4) is 0 Å². The first kappa shape index (κ1) is 26.2. The van der Waals surface area contributed by atoms with Crippen LogP contribution >= 0.6 is 0 Å². The Morgan fingerprint density at radius 3 is 1.67 bits per heavy atom. The van der Waals surface area contributed by atoms with E-state index in [1.165, 1.54) is 25.7 Å². The topological polar surface area (TPSA) is 74.6 Å². The average Bonchev–Trinajstić information content (AvgIpc) is 2.66. The molecule has 170 valence electrons. The fourth-order valence-corrected chi connectivity index (χ4v) is 4.06. The van der Waals surface area contributed by atoms with E-state index in [-0.39, 0.29) is 11.1 Å². The van der Waals surface area contributed by atoms with Gasteiger partial charge in [0.15, 0.2) is 0 Å². The van der Waals surface area contributed by atoms with Gasteiger partial charge in [-0.1, -0.05) is 85.1 Å². The minimum absolute atomic E-state index is 0.148. The molecule has 4 heteroatoms. The third-order valence-corrected chi connectivity index (χ3v) is 5.78. The van der Waals surface area contributed by atoms with Crippen LogP contribution in [0.25, 0.3) is 0 Å². The Kier molecular flexibility index (Phi) is 12.4. The highest BCUT2D eigenvalue weighted by Gasteiger charge is 2.21. The Hall–Kier alpha value is -1.84. The van der Waals surface area contributed by atoms with E-state index in [4.69, 9.17) is 0 Å². The first-order valence-electron chi connectivity index (χ1n) is 11.8. The summed E-state index contributed by atoms with van der Waals surface area (Å²) >= 11 is 0. The number of hydrogen-bond acceptors (Lipinski definition) is 2. The molecule has 0 atom stereocenters. The van der Waals surface area contributed by atoms with Crippen molar-refractivity contribution in [3.63, 3.8) is 0 Å². The van der Waals surface area contributed by atoms with Gasteiger partial charge in [-0.25, -0.2) is 9.59 Å². The summed E-state index contributed by atoms with van der Waals surface area (Å²) in [5.41, 5.74) is 1.68. The van der Waals surface area contributed by atoms with Crippen molar-refractivity contribution in [3.05, 3.63) is 34.4 Å². The van der Waals surface area contributed by atoms with Crippen LogP contribution in [0.5, 0.6) is 0 Å². The van der Waals surface area contributed by atoms with Gasteiger partial charge in [0, 0.05) is 0 Å². The van der Waals surface area contributed by atoms with Crippen molar-refractivity contribution in [2.75, 3.05) is 0 Å². The number of carboxylic acid groups (broad SMARTS) is 2. The van der Waals surface area contributed by atoms with Gasteiger partial charge < -0.3 is 10.2 Å². The largest absolute Gasteiger partial charge is 0.478 e. The van der Waals surface area contributed by atoms with E-state index < -0.39 is 11.9 Å². The quantitative estimate of drug-likeness (QED) is 0.275. The summed E-state index contributed by atoms with van der Waals surface area (Å²) in [5, 5.41) is 19.5. The van der Waals surface area contributed by atoms with Crippen molar-refractivity contribution in [1.29, 1.82) is 0 Å². The zero-order valence-corrected chi connectivity index (χ0v) is 19.5. The Bertz CT molecular complexity index is 661. The van der Waals surface area contributed by atoms with Crippen molar-refractivity contribution in [1.82, 2.24) is 0 Å². The van der Waals surface area contributed by atoms with Gasteiger partial charge >= 0.3 is 11.9 Å². The molecule has 4 nitrogen and oxygen atoms in total. The standard InChI is InChI=1S/C26H42O4/c1-19(2)13-9-5-7-11-15-21-17-18-23(25(27)28)22(24(21)26(29)30)16-12-8-6-10-14-20(3)4/h17-20H,5-16H2,1-4H3,(H,27,28)(H,29,30). The number of unbranched alkanes of at least 4 members (excludes halogenated alkanes) is 6. The molecule has 0 aliphatic carbocycles. The van der Waals surface area contributed by atoms with Crippen molar-refractivity contribution in [2.24, 2.45) is 11.8 Å². The minimum Gasteiger partial charge on any atom is -0.478 e. The first-order valence-corrected chi connectivity index (χ1v) is 11.8. The lowest BCUT2D eigenvalue weighted by atomic mass is 9.89. The molecule has 0 heterocycles. The van der Waals surface area contributed by atoms with Gasteiger partial charge in [0.1, 0.15) is 0 Å². The Labute approximate surface area is 183 Å². The summed E-state index contributed by atoms with van der Waals surface area (Å²) in [6, 6.07) is 3.32. The molecule has 0 fully saturated rings. The summed E-state index contributed by atoms with van der Waals surface area (Å²) in [5.74, 6) is -0.611. The Balaban J connectivity index is 2.79. The fraction of sp³-hybridized carbons (Fsp3) is 0.692. The summed E-state index contributed by atoms with van der Waals surface area (Å²) in [6.45, 7) is 8.90. The van der Waals surface area contributed by atoms with Gasteiger partial charge in [0.25, 0.3) is 0 Å². The van der Waals surface area contributed by atoms with Crippen molar-refractivity contribution in [3.8, 4) is 0 Å². The highest BCUT2D eigenvalue weighted by molar-refractivity contribution is 5.97. The molecule has 0 saturated carbocycles. The third kappa shape index (κ3) is 9.77. The minimum atomic E-state index is -1.03. The number of carboxylic acids is 2. The molecular weight excluding hydrogens is 376 g/mol. The average molecular weight is 419 g/mol. The van der Waals surface area contributed by atoms with Crippen LogP contribution in [0.4, 0.5) is 0 Å². The van der Waals surface area contributed by atoms with Gasteiger partial charge in [0.2, 0.25) is 0 Å². The van der Waals surface area contributed by atoms with E-state index in [9.17, 15) is 19.8 Å². The number of aromatic carboxylic acids is 2. The molecule has 0 aromatic heterocycles. The van der Waals surface area contributed by atoms with Gasteiger partial charge in [-0.15, -0.1) is 0 Å². The SMILES string of the molecule is CC(C)CCCCCCc1ccc(C(=O)O)c(CCCCCCC(C)C)c1C(=O)O. The highest BCUT2D eigenvalue weighted by Crippen LogP contribution is 2.25. The summed E-state index contributed by atoms with van der Waals surface area (Å²) < 4.78 is 0. The van der Waals surface area contributed by atoms with Gasteiger partial charge in [-0.3, -0.25) is 0 Å². The second kappa shape index (κ2) is 14.2. The zero-order valence-electron chi connectivity index (χ0n) is 19.5. The van der Waals surface area contributed by atoms with E-state index in [1.807, 2.05) is 0 Å². The molecule has 0 radical (unpaired) electrons. The van der Waals surface area contributed by atoms with Crippen LogP contribution in [0.15, 0.2) is 12.1 Å². The molecular formula is C26H42O4. The molecule has 1 rings (SSSR count). The predicted molar refractivity (Wildman–Crippen MR) is 124 cm³/mol. The second-order valence-corrected chi connectivity index (χ2v) is 9.43. The normalized spacial score (nSPS) is 11.4. The maximum atomic E-state index is 12.0. The first-order chi connectivity index (χ1) is 14.2. The molecule has 2 N–H and O–H groups in total. The molecule has 1 aromatic rings. The smallest absolute Gasteiger partial charge is 0.336 e. The fourth-order valence-electron chi connectivity index (χ4n) is 4.06. The summed E-state index contributed by atoms with van der Waals surface area (Å²) in [6.07, 6.45) is 12.2. The van der Waals surface area contributed by atoms with E-state index in [1.54, 1.807) is 12.1 Å². The number of carbonyl (C=O) groups is 2. The van der Waals surface area contributed by atoms with Crippen molar-refractivity contribution >= 4 is 11.9 Å². The molecule has 0 spiro atoms. The van der Waals surface area contributed by atoms with Crippen LogP contribution in [-0.2, 0) is 12.8 Å². The lowest BCUT2D eigenvalue weighted by Gasteiger charge is -2.15. The van der Waals surface area contributed by atoms with Crippen LogP contribution < -0.4 is 0 Å². The van der Waals surface area contributed by atoms with Crippen LogP contribution in [0.1, 0.15) is 124 Å². The maximum Gasteiger partial charge on any atom is 0.336 e. The van der Waals surface area contributed by atoms with E-state index >= 15 is 0 Å². The van der Waals surface area contributed by atoms with Crippen LogP contribution in [0.2, 0.25) is 0 Å². The van der Waals surface area contributed by atoms with E-state index in [0.29, 0.717) is 24.3 Å². The second-order valence-electron chi connectivity index (χ2n) is 9.43. The molecule has 0 bridgehead atoms. The summed E-state index contributed by atoms with van der Waals surface area (Å²) in [4.78, 5) is 23.8. The molecule has 0 saturated heterocycles. The zero-order chi connectivity index (χ0) is 22.5. The third-order valence-electron chi connectivity index (χ3n) is 5.78. The predicted octanol–water partition coefficient (Wildman–Crippen LogP) is 7.38. The van der Waals surface area contributed by atoms with E-state index in [0.717, 1.165) is 50.0 Å². The Morgan fingerprint density at radius 1 is 0.700 bits per heavy atom. The monoisotopic (exact) mass is 418 g/mol. The van der Waals surface area contributed by atoms with Gasteiger partial charge in [-0.2, -0.15) is 0 Å².